The summed E-state index contributed by atoms with van der Waals surface area (Å²) in [5, 5.41) is 0.560. The fraction of sp³-hybridized carbons (Fsp3) is 0.385. The van der Waals surface area contributed by atoms with Gasteiger partial charge in [0.15, 0.2) is 0 Å². The van der Waals surface area contributed by atoms with Crippen LogP contribution in [-0.2, 0) is 0 Å². The van der Waals surface area contributed by atoms with Crippen LogP contribution < -0.4 is 5.73 Å². The highest BCUT2D eigenvalue weighted by atomic mass is 79.9. The van der Waals surface area contributed by atoms with Crippen LogP contribution in [0.5, 0.6) is 0 Å². The van der Waals surface area contributed by atoms with Crippen LogP contribution in [0.2, 0.25) is 5.02 Å². The van der Waals surface area contributed by atoms with Crippen LogP contribution in [0.15, 0.2) is 22.7 Å². The predicted octanol–water partition coefficient (Wildman–Crippen LogP) is 3.24. The average Bonchev–Trinajstić information content (AvgIpc) is 2.41. The standard InChI is InChI=1S/C13H14BrClN2OS/c14-11-2-1-9(15)7-10(11)13(18)17-5-3-8(4-6-17)12(16)19/h1-2,7-8H,3-6H2,(H2,16,19). The molecular weight excluding hydrogens is 348 g/mol. The first-order valence-electron chi connectivity index (χ1n) is 6.02. The molecule has 3 nitrogen and oxygen atoms in total. The van der Waals surface area contributed by atoms with Gasteiger partial charge in [0, 0.05) is 28.5 Å². The molecule has 0 aliphatic carbocycles. The smallest absolute Gasteiger partial charge is 0.255 e. The van der Waals surface area contributed by atoms with Gasteiger partial charge in [0.1, 0.15) is 0 Å². The maximum Gasteiger partial charge on any atom is 0.255 e. The first kappa shape index (κ1) is 14.8. The molecule has 0 bridgehead atoms. The van der Waals surface area contributed by atoms with E-state index < -0.39 is 0 Å². The molecule has 1 heterocycles. The lowest BCUT2D eigenvalue weighted by Gasteiger charge is -2.31. The Morgan fingerprint density at radius 2 is 2.05 bits per heavy atom. The van der Waals surface area contributed by atoms with Gasteiger partial charge in [-0.3, -0.25) is 4.79 Å². The van der Waals surface area contributed by atoms with E-state index in [9.17, 15) is 4.79 Å². The summed E-state index contributed by atoms with van der Waals surface area (Å²) in [5.41, 5.74) is 6.25. The molecule has 0 saturated carbocycles. The number of thiocarbonyl (C=S) groups is 1. The van der Waals surface area contributed by atoms with Crippen molar-refractivity contribution in [3.8, 4) is 0 Å². The first-order valence-corrected chi connectivity index (χ1v) is 7.60. The third-order valence-corrected chi connectivity index (χ3v) is 4.60. The van der Waals surface area contributed by atoms with Crippen LogP contribution in [0.1, 0.15) is 23.2 Å². The number of carbonyl (C=O) groups is 1. The van der Waals surface area contributed by atoms with Crippen molar-refractivity contribution in [1.29, 1.82) is 0 Å². The van der Waals surface area contributed by atoms with Crippen molar-refractivity contribution in [2.75, 3.05) is 13.1 Å². The zero-order valence-corrected chi connectivity index (χ0v) is 13.4. The van der Waals surface area contributed by atoms with Gasteiger partial charge in [0.05, 0.1) is 10.6 Å². The van der Waals surface area contributed by atoms with E-state index in [4.69, 9.17) is 29.6 Å². The number of carbonyl (C=O) groups excluding carboxylic acids is 1. The van der Waals surface area contributed by atoms with E-state index >= 15 is 0 Å². The van der Waals surface area contributed by atoms with Gasteiger partial charge in [0.2, 0.25) is 0 Å². The van der Waals surface area contributed by atoms with Gasteiger partial charge in [-0.05, 0) is 47.0 Å². The Kier molecular flexibility index (Phi) is 4.81. The van der Waals surface area contributed by atoms with Gasteiger partial charge < -0.3 is 10.6 Å². The quantitative estimate of drug-likeness (QED) is 0.823. The van der Waals surface area contributed by atoms with E-state index in [2.05, 4.69) is 15.9 Å². The lowest BCUT2D eigenvalue weighted by molar-refractivity contribution is 0.0709. The molecule has 1 aromatic carbocycles. The van der Waals surface area contributed by atoms with Gasteiger partial charge in [-0.15, -0.1) is 0 Å². The van der Waals surface area contributed by atoms with Crippen molar-refractivity contribution in [2.24, 2.45) is 11.7 Å². The minimum absolute atomic E-state index is 0.00392. The van der Waals surface area contributed by atoms with Crippen LogP contribution >= 0.6 is 39.7 Å². The largest absolute Gasteiger partial charge is 0.393 e. The Labute approximate surface area is 131 Å². The number of piperidine rings is 1. The molecule has 0 unspecified atom stereocenters. The number of nitrogens with two attached hydrogens (primary N) is 1. The highest BCUT2D eigenvalue weighted by Crippen LogP contribution is 2.25. The van der Waals surface area contributed by atoms with Crippen LogP contribution in [0.4, 0.5) is 0 Å². The van der Waals surface area contributed by atoms with E-state index in [1.165, 1.54) is 0 Å². The summed E-state index contributed by atoms with van der Waals surface area (Å²) in [7, 11) is 0. The summed E-state index contributed by atoms with van der Waals surface area (Å²) in [4.78, 5) is 14.8. The Hall–Kier alpha value is -0.650. The number of likely N-dealkylation sites (tertiary alicyclic amines) is 1. The van der Waals surface area contributed by atoms with Gasteiger partial charge >= 0.3 is 0 Å². The Bertz CT molecular complexity index is 515. The van der Waals surface area contributed by atoms with Crippen molar-refractivity contribution in [2.45, 2.75) is 12.8 Å². The molecule has 0 aromatic heterocycles. The van der Waals surface area contributed by atoms with Crippen molar-refractivity contribution in [3.05, 3.63) is 33.3 Å². The lowest BCUT2D eigenvalue weighted by Crippen LogP contribution is -2.41. The molecule has 1 fully saturated rings. The summed E-state index contributed by atoms with van der Waals surface area (Å²) in [5.74, 6) is 0.248. The maximum absolute atomic E-state index is 12.4. The van der Waals surface area contributed by atoms with Crippen molar-refractivity contribution >= 4 is 50.6 Å². The molecule has 19 heavy (non-hydrogen) atoms. The molecule has 1 aromatic rings. The van der Waals surface area contributed by atoms with E-state index in [0.717, 1.165) is 17.3 Å². The van der Waals surface area contributed by atoms with Crippen LogP contribution in [0.25, 0.3) is 0 Å². The van der Waals surface area contributed by atoms with Gasteiger partial charge in [-0.1, -0.05) is 23.8 Å². The number of hydrogen-bond donors (Lipinski definition) is 1. The van der Waals surface area contributed by atoms with Crippen molar-refractivity contribution < 1.29 is 4.79 Å². The summed E-state index contributed by atoms with van der Waals surface area (Å²) in [6.45, 7) is 1.36. The molecule has 2 rings (SSSR count). The number of amides is 1. The number of nitrogens with zero attached hydrogens (tertiary/aromatic N) is 1. The maximum atomic E-state index is 12.4. The molecular formula is C13H14BrClN2OS. The minimum atomic E-state index is -0.00392. The Morgan fingerprint density at radius 3 is 2.63 bits per heavy atom. The second kappa shape index (κ2) is 6.20. The average molecular weight is 362 g/mol. The van der Waals surface area contributed by atoms with Crippen LogP contribution in [0, 0.1) is 5.92 Å². The predicted molar refractivity (Wildman–Crippen MR) is 84.6 cm³/mol. The number of halogens is 2. The molecule has 0 radical (unpaired) electrons. The van der Waals surface area contributed by atoms with Crippen LogP contribution in [-0.4, -0.2) is 28.9 Å². The highest BCUT2D eigenvalue weighted by Gasteiger charge is 2.25. The van der Waals surface area contributed by atoms with Gasteiger partial charge in [-0.25, -0.2) is 0 Å². The third kappa shape index (κ3) is 3.46. The van der Waals surface area contributed by atoms with E-state index in [1.807, 2.05) is 4.90 Å². The molecule has 1 amide bonds. The van der Waals surface area contributed by atoms with Crippen LogP contribution in [0.3, 0.4) is 0 Å². The number of hydrogen-bond acceptors (Lipinski definition) is 2. The summed E-state index contributed by atoms with van der Waals surface area (Å²) in [6.07, 6.45) is 1.67. The summed E-state index contributed by atoms with van der Waals surface area (Å²) < 4.78 is 0.762. The van der Waals surface area contributed by atoms with Gasteiger partial charge in [0.25, 0.3) is 5.91 Å². The number of rotatable bonds is 2. The SMILES string of the molecule is NC(=S)C1CCN(C(=O)c2cc(Cl)ccc2Br)CC1. The Balaban J connectivity index is 2.09. The van der Waals surface area contributed by atoms with Gasteiger partial charge in [-0.2, -0.15) is 0 Å². The zero-order valence-electron chi connectivity index (χ0n) is 10.2. The minimum Gasteiger partial charge on any atom is -0.393 e. The molecule has 6 heteroatoms. The highest BCUT2D eigenvalue weighted by molar-refractivity contribution is 9.10. The lowest BCUT2D eigenvalue weighted by atomic mass is 9.96. The molecule has 1 aliphatic rings. The van der Waals surface area contributed by atoms with E-state index in [1.54, 1.807) is 18.2 Å². The van der Waals surface area contributed by atoms with E-state index in [0.29, 0.717) is 28.7 Å². The molecule has 0 spiro atoms. The monoisotopic (exact) mass is 360 g/mol. The van der Waals surface area contributed by atoms with Crippen molar-refractivity contribution in [1.82, 2.24) is 4.90 Å². The van der Waals surface area contributed by atoms with Crippen molar-refractivity contribution in [3.63, 3.8) is 0 Å². The number of benzene rings is 1. The summed E-state index contributed by atoms with van der Waals surface area (Å²) >= 11 is 14.3. The fourth-order valence-electron chi connectivity index (χ4n) is 2.20. The molecule has 0 atom stereocenters. The first-order chi connectivity index (χ1) is 8.99. The fourth-order valence-corrected chi connectivity index (χ4v) is 3.02. The third-order valence-electron chi connectivity index (χ3n) is 3.34. The molecule has 1 aliphatic heterocycles. The molecule has 2 N–H and O–H groups in total. The summed E-state index contributed by atoms with van der Waals surface area (Å²) in [6, 6.07) is 5.23. The van der Waals surface area contributed by atoms with E-state index in [-0.39, 0.29) is 11.8 Å². The normalized spacial score (nSPS) is 16.4. The molecule has 1 saturated heterocycles. The molecule has 102 valence electrons. The second-order valence-corrected chi connectivity index (χ2v) is 6.36. The second-order valence-electron chi connectivity index (χ2n) is 4.59. The topological polar surface area (TPSA) is 46.3 Å². The zero-order chi connectivity index (χ0) is 14.0. The Morgan fingerprint density at radius 1 is 1.42 bits per heavy atom.